The first-order chi connectivity index (χ1) is 11.3. The topological polar surface area (TPSA) is 38.7 Å². The van der Waals surface area contributed by atoms with Gasteiger partial charge in [-0.25, -0.2) is 8.60 Å². The quantitative estimate of drug-likeness (QED) is 0.755. The van der Waals surface area contributed by atoms with Crippen LogP contribution in [-0.2, 0) is 17.4 Å². The highest BCUT2D eigenvalue weighted by atomic mass is 32.2. The van der Waals surface area contributed by atoms with E-state index in [9.17, 15) is 8.60 Å². The van der Waals surface area contributed by atoms with E-state index < -0.39 is 21.5 Å². The lowest BCUT2D eigenvalue weighted by Gasteiger charge is -2.16. The van der Waals surface area contributed by atoms with Gasteiger partial charge in [-0.15, -0.1) is 0 Å². The van der Waals surface area contributed by atoms with Gasteiger partial charge >= 0.3 is 0 Å². The number of hydrogen-bond acceptors (Lipinski definition) is 2. The van der Waals surface area contributed by atoms with Crippen LogP contribution >= 0.6 is 0 Å². The SMILES string of the molecule is COc1cc(C(Cc2ccccc2)=N[S@@](=O)C(C)(C)C)ccc1F. The molecule has 0 unspecified atom stereocenters. The molecule has 5 heteroatoms. The molecule has 0 spiro atoms. The molecule has 3 nitrogen and oxygen atoms in total. The maximum atomic E-state index is 13.7. The van der Waals surface area contributed by atoms with Crippen LogP contribution in [0.3, 0.4) is 0 Å². The maximum absolute atomic E-state index is 13.7. The lowest BCUT2D eigenvalue weighted by atomic mass is 10.0. The fraction of sp³-hybridized carbons (Fsp3) is 0.316. The second-order valence-corrected chi connectivity index (χ2v) is 8.32. The molecule has 2 aromatic rings. The van der Waals surface area contributed by atoms with Gasteiger partial charge in [0, 0.05) is 12.0 Å². The van der Waals surface area contributed by atoms with Crippen molar-refractivity contribution in [1.29, 1.82) is 0 Å². The largest absolute Gasteiger partial charge is 0.494 e. The zero-order chi connectivity index (χ0) is 17.7. The van der Waals surface area contributed by atoms with Crippen molar-refractivity contribution >= 4 is 16.7 Å². The van der Waals surface area contributed by atoms with Crippen LogP contribution in [0.25, 0.3) is 0 Å². The van der Waals surface area contributed by atoms with Crippen molar-refractivity contribution in [2.45, 2.75) is 31.9 Å². The van der Waals surface area contributed by atoms with E-state index >= 15 is 0 Å². The van der Waals surface area contributed by atoms with Gasteiger partial charge in [-0.05, 0) is 44.5 Å². The second kappa shape index (κ2) is 7.71. The molecule has 1 atom stereocenters. The van der Waals surface area contributed by atoms with Crippen LogP contribution in [0.4, 0.5) is 4.39 Å². The van der Waals surface area contributed by atoms with Gasteiger partial charge in [-0.1, -0.05) is 30.3 Å². The van der Waals surface area contributed by atoms with Crippen molar-refractivity contribution < 1.29 is 13.3 Å². The maximum Gasteiger partial charge on any atom is 0.165 e. The Morgan fingerprint density at radius 1 is 1.17 bits per heavy atom. The minimum absolute atomic E-state index is 0.148. The average Bonchev–Trinajstić information content (AvgIpc) is 2.54. The number of nitrogens with zero attached hydrogens (tertiary/aromatic N) is 1. The molecule has 2 aromatic carbocycles. The zero-order valence-electron chi connectivity index (χ0n) is 14.4. The Hall–Kier alpha value is -2.01. The van der Waals surface area contributed by atoms with Gasteiger partial charge in [0.05, 0.1) is 17.6 Å². The summed E-state index contributed by atoms with van der Waals surface area (Å²) in [5.74, 6) is -0.285. The number of rotatable bonds is 5. The van der Waals surface area contributed by atoms with Crippen molar-refractivity contribution in [3.63, 3.8) is 0 Å². The van der Waals surface area contributed by atoms with Crippen LogP contribution in [0.2, 0.25) is 0 Å². The normalized spacial score (nSPS) is 13.6. The van der Waals surface area contributed by atoms with Crippen molar-refractivity contribution in [2.75, 3.05) is 7.11 Å². The molecule has 0 bridgehead atoms. The molecule has 2 rings (SSSR count). The van der Waals surface area contributed by atoms with Gasteiger partial charge in [0.1, 0.15) is 11.0 Å². The first-order valence-electron chi connectivity index (χ1n) is 7.68. The van der Waals surface area contributed by atoms with E-state index in [2.05, 4.69) is 4.40 Å². The molecule has 0 N–H and O–H groups in total. The summed E-state index contributed by atoms with van der Waals surface area (Å²) in [6.45, 7) is 5.62. The Kier molecular flexibility index (Phi) is 5.89. The molecule has 0 saturated carbocycles. The Morgan fingerprint density at radius 3 is 2.42 bits per heavy atom. The molecular formula is C19H22FNO2S. The Morgan fingerprint density at radius 2 is 1.83 bits per heavy atom. The van der Waals surface area contributed by atoms with E-state index in [1.807, 2.05) is 51.1 Å². The molecule has 128 valence electrons. The monoisotopic (exact) mass is 347 g/mol. The van der Waals surface area contributed by atoms with Gasteiger partial charge in [0.25, 0.3) is 0 Å². The predicted molar refractivity (Wildman–Crippen MR) is 97.5 cm³/mol. The Bertz CT molecular complexity index is 752. The molecule has 0 saturated heterocycles. The van der Waals surface area contributed by atoms with Crippen LogP contribution in [0, 0.1) is 5.82 Å². The van der Waals surface area contributed by atoms with E-state index in [4.69, 9.17) is 4.74 Å². The van der Waals surface area contributed by atoms with Crippen LogP contribution < -0.4 is 4.74 Å². The molecule has 0 aliphatic carbocycles. The smallest absolute Gasteiger partial charge is 0.165 e. The fourth-order valence-corrected chi connectivity index (χ4v) is 2.70. The summed E-state index contributed by atoms with van der Waals surface area (Å²) in [6, 6.07) is 14.4. The lowest BCUT2D eigenvalue weighted by molar-refractivity contribution is 0.386. The highest BCUT2D eigenvalue weighted by molar-refractivity contribution is 7.85. The van der Waals surface area contributed by atoms with E-state index in [0.29, 0.717) is 17.7 Å². The minimum Gasteiger partial charge on any atom is -0.494 e. The van der Waals surface area contributed by atoms with Crippen LogP contribution in [0.1, 0.15) is 31.9 Å². The van der Waals surface area contributed by atoms with Crippen LogP contribution in [0.15, 0.2) is 52.9 Å². The Balaban J connectivity index is 2.46. The van der Waals surface area contributed by atoms with Crippen molar-refractivity contribution in [1.82, 2.24) is 0 Å². The molecule has 24 heavy (non-hydrogen) atoms. The zero-order valence-corrected chi connectivity index (χ0v) is 15.2. The van der Waals surface area contributed by atoms with Crippen LogP contribution in [-0.4, -0.2) is 21.8 Å². The standard InChI is InChI=1S/C19H22FNO2S/c1-19(2,3)24(22)21-17(12-14-8-6-5-7-9-14)15-10-11-16(20)18(13-15)23-4/h5-11,13H,12H2,1-4H3/t24-/m0/s1. The molecular weight excluding hydrogens is 325 g/mol. The summed E-state index contributed by atoms with van der Waals surface area (Å²) < 4.78 is 35.2. The summed E-state index contributed by atoms with van der Waals surface area (Å²) in [4.78, 5) is 0. The summed E-state index contributed by atoms with van der Waals surface area (Å²) in [5.41, 5.74) is 2.40. The number of benzene rings is 2. The van der Waals surface area contributed by atoms with Gasteiger partial charge in [-0.2, -0.15) is 4.40 Å². The first kappa shape index (κ1) is 18.3. The molecule has 0 heterocycles. The third-order valence-electron chi connectivity index (χ3n) is 3.42. The van der Waals surface area contributed by atoms with Crippen LogP contribution in [0.5, 0.6) is 5.75 Å². The van der Waals surface area contributed by atoms with Gasteiger partial charge in [0.2, 0.25) is 0 Å². The molecule has 0 amide bonds. The van der Waals surface area contributed by atoms with Gasteiger partial charge < -0.3 is 4.74 Å². The minimum atomic E-state index is -1.40. The highest BCUT2D eigenvalue weighted by Crippen LogP contribution is 2.22. The first-order valence-corrected chi connectivity index (χ1v) is 8.79. The highest BCUT2D eigenvalue weighted by Gasteiger charge is 2.20. The number of hydrogen-bond donors (Lipinski definition) is 0. The molecule has 0 aliphatic heterocycles. The lowest BCUT2D eigenvalue weighted by Crippen LogP contribution is -2.21. The van der Waals surface area contributed by atoms with Crippen molar-refractivity contribution in [2.24, 2.45) is 4.40 Å². The van der Waals surface area contributed by atoms with E-state index in [-0.39, 0.29) is 5.75 Å². The summed E-state index contributed by atoms with van der Waals surface area (Å²) in [7, 11) is 0.0181. The molecule has 0 aromatic heterocycles. The van der Waals surface area contributed by atoms with E-state index in [0.717, 1.165) is 5.56 Å². The predicted octanol–water partition coefficient (Wildman–Crippen LogP) is 4.33. The molecule has 0 aliphatic rings. The number of ether oxygens (including phenoxy) is 1. The average molecular weight is 347 g/mol. The second-order valence-electron chi connectivity index (χ2n) is 6.41. The Labute approximate surface area is 145 Å². The van der Waals surface area contributed by atoms with Gasteiger partial charge in [0.15, 0.2) is 11.6 Å². The molecule has 0 fully saturated rings. The van der Waals surface area contributed by atoms with Crippen molar-refractivity contribution in [3.8, 4) is 5.75 Å². The summed E-state index contributed by atoms with van der Waals surface area (Å²) >= 11 is 0. The summed E-state index contributed by atoms with van der Waals surface area (Å²) in [6.07, 6.45) is 0.511. The molecule has 0 radical (unpaired) electrons. The number of halogens is 1. The number of methoxy groups -OCH3 is 1. The van der Waals surface area contributed by atoms with E-state index in [1.165, 1.54) is 13.2 Å². The fourth-order valence-electron chi connectivity index (χ4n) is 2.05. The van der Waals surface area contributed by atoms with Crippen molar-refractivity contribution in [3.05, 3.63) is 65.5 Å². The van der Waals surface area contributed by atoms with E-state index in [1.54, 1.807) is 12.1 Å². The summed E-state index contributed by atoms with van der Waals surface area (Å²) in [5, 5.41) is 0. The third kappa shape index (κ3) is 4.74. The third-order valence-corrected chi connectivity index (χ3v) is 4.85. The van der Waals surface area contributed by atoms with Gasteiger partial charge in [-0.3, -0.25) is 0 Å².